The van der Waals surface area contributed by atoms with Gasteiger partial charge >= 0.3 is 0 Å². The molecule has 4 rings (SSSR count). The van der Waals surface area contributed by atoms with E-state index >= 15 is 0 Å². The highest BCUT2D eigenvalue weighted by Gasteiger charge is 2.60. The van der Waals surface area contributed by atoms with Crippen LogP contribution < -0.4 is 5.32 Å². The van der Waals surface area contributed by atoms with Gasteiger partial charge in [0.15, 0.2) is 0 Å². The summed E-state index contributed by atoms with van der Waals surface area (Å²) in [5.74, 6) is 0.583. The Labute approximate surface area is 169 Å². The zero-order valence-corrected chi connectivity index (χ0v) is 17.5. The van der Waals surface area contributed by atoms with Crippen LogP contribution in [0.5, 0.6) is 0 Å². The van der Waals surface area contributed by atoms with E-state index in [2.05, 4.69) is 10.3 Å². The molecule has 1 aliphatic heterocycles. The predicted octanol–water partition coefficient (Wildman–Crippen LogP) is 2.09. The lowest BCUT2D eigenvalue weighted by molar-refractivity contribution is -0.236. The number of aliphatic hydroxyl groups is 1. The molecule has 1 amide bonds. The number of hydrogen-bond acceptors (Lipinski definition) is 5. The first kappa shape index (κ1) is 20.3. The molecule has 1 aliphatic carbocycles. The fourth-order valence-electron chi connectivity index (χ4n) is 4.42. The number of imidazole rings is 1. The number of halogens is 1. The van der Waals surface area contributed by atoms with Crippen molar-refractivity contribution in [3.05, 3.63) is 36.2 Å². The average Bonchev–Trinajstić information content (AvgIpc) is 2.96. The summed E-state index contributed by atoms with van der Waals surface area (Å²) >= 11 is 0. The second-order valence-electron chi connectivity index (χ2n) is 9.67. The van der Waals surface area contributed by atoms with Gasteiger partial charge in [-0.05, 0) is 58.6 Å². The van der Waals surface area contributed by atoms with Gasteiger partial charge in [0.25, 0.3) is 0 Å². The Morgan fingerprint density at radius 1 is 1.31 bits per heavy atom. The molecule has 0 bridgehead atoms. The number of fused-ring (bicyclic) bond motifs is 2. The zero-order chi connectivity index (χ0) is 21.1. The topological polar surface area (TPSA) is 79.1 Å². The summed E-state index contributed by atoms with van der Waals surface area (Å²) in [6.45, 7) is 10.7. The van der Waals surface area contributed by atoms with E-state index < -0.39 is 17.6 Å². The Bertz CT molecular complexity index is 924. The number of piperidine rings is 1. The van der Waals surface area contributed by atoms with Crippen LogP contribution in [0.1, 0.15) is 40.4 Å². The molecule has 2 unspecified atom stereocenters. The lowest BCUT2D eigenvalue weighted by atomic mass is 10.0. The van der Waals surface area contributed by atoms with Crippen molar-refractivity contribution in [1.29, 1.82) is 0 Å². The first-order valence-electron chi connectivity index (χ1n) is 10.0. The maximum atomic E-state index is 14.0. The number of aromatic nitrogens is 2. The van der Waals surface area contributed by atoms with E-state index in [9.17, 15) is 14.3 Å². The van der Waals surface area contributed by atoms with Crippen molar-refractivity contribution in [2.24, 2.45) is 17.8 Å². The van der Waals surface area contributed by atoms with Crippen molar-refractivity contribution < 1.29 is 19.0 Å². The van der Waals surface area contributed by atoms with E-state index in [0.717, 1.165) is 0 Å². The lowest BCUT2D eigenvalue weighted by Gasteiger charge is -2.31. The molecule has 29 heavy (non-hydrogen) atoms. The van der Waals surface area contributed by atoms with Gasteiger partial charge in [-0.25, -0.2) is 9.37 Å². The minimum absolute atomic E-state index is 0.0240. The van der Waals surface area contributed by atoms with Gasteiger partial charge in [-0.15, -0.1) is 0 Å². The van der Waals surface area contributed by atoms with Crippen molar-refractivity contribution in [1.82, 2.24) is 19.6 Å². The lowest BCUT2D eigenvalue weighted by Crippen LogP contribution is -2.46. The molecule has 0 spiro atoms. The molecule has 2 N–H and O–H groups in total. The molecule has 2 aromatic rings. The molecule has 1 saturated carbocycles. The van der Waals surface area contributed by atoms with Crippen molar-refractivity contribution in [2.75, 3.05) is 13.1 Å². The smallest absolute Gasteiger partial charge is 0.224 e. The van der Waals surface area contributed by atoms with E-state index in [0.29, 0.717) is 24.4 Å². The van der Waals surface area contributed by atoms with Crippen LogP contribution in [0, 0.1) is 23.6 Å². The van der Waals surface area contributed by atoms with Crippen molar-refractivity contribution in [3.8, 4) is 0 Å². The molecule has 8 heteroatoms. The Morgan fingerprint density at radius 3 is 2.59 bits per heavy atom. The number of likely N-dealkylation sites (tertiary alicyclic amines) is 1. The van der Waals surface area contributed by atoms with Gasteiger partial charge in [0.1, 0.15) is 17.2 Å². The number of hydrogen-bond donors (Lipinski definition) is 2. The third kappa shape index (κ3) is 3.76. The summed E-state index contributed by atoms with van der Waals surface area (Å²) in [6.07, 6.45) is 2.28. The second-order valence-corrected chi connectivity index (χ2v) is 9.67. The van der Waals surface area contributed by atoms with Crippen LogP contribution in [0.4, 0.5) is 4.39 Å². The Balaban J connectivity index is 1.39. The average molecular weight is 404 g/mol. The molecule has 2 aromatic heterocycles. The molecule has 2 fully saturated rings. The van der Waals surface area contributed by atoms with Crippen LogP contribution >= 0.6 is 0 Å². The van der Waals surface area contributed by atoms with Crippen LogP contribution in [0.2, 0.25) is 0 Å². The number of ether oxygens (including phenoxy) is 1. The maximum absolute atomic E-state index is 14.0. The second kappa shape index (κ2) is 6.75. The number of carbonyl (C=O) groups excluding carboxylic acids is 1. The highest BCUT2D eigenvalue weighted by Crippen LogP contribution is 2.52. The van der Waals surface area contributed by atoms with Crippen molar-refractivity contribution in [2.45, 2.75) is 52.2 Å². The van der Waals surface area contributed by atoms with Gasteiger partial charge in [-0.1, -0.05) is 0 Å². The standard InChI is InChI=1S/C21H29FN4O3/c1-20(2,3)29-19(28)25-10-12-13(11-25)16(12)17(27)24-21(4,5)18-23-9-15-14(22)7-6-8-26(15)18/h6-9,12-13,16,19,28H,10-11H2,1-5H3,(H,24,27)/t12-,13+,16?,19?. The van der Waals surface area contributed by atoms with E-state index in [4.69, 9.17) is 4.74 Å². The predicted molar refractivity (Wildman–Crippen MR) is 105 cm³/mol. The minimum Gasteiger partial charge on any atom is -0.356 e. The van der Waals surface area contributed by atoms with E-state index in [1.54, 1.807) is 16.7 Å². The first-order chi connectivity index (χ1) is 13.5. The Morgan fingerprint density at radius 2 is 1.97 bits per heavy atom. The number of nitrogens with one attached hydrogen (secondary N) is 1. The summed E-state index contributed by atoms with van der Waals surface area (Å²) in [6, 6.07) is 3.01. The fourth-order valence-corrected chi connectivity index (χ4v) is 4.42. The van der Waals surface area contributed by atoms with E-state index in [-0.39, 0.29) is 29.5 Å². The molecule has 7 nitrogen and oxygen atoms in total. The number of amides is 1. The highest BCUT2D eigenvalue weighted by atomic mass is 19.1. The summed E-state index contributed by atoms with van der Waals surface area (Å²) in [7, 11) is 0. The third-order valence-electron chi connectivity index (χ3n) is 5.81. The molecule has 158 valence electrons. The SMILES string of the molecule is CC(C)(C)OC(O)N1C[C@@H]2C(C(=O)NC(C)(C)c3ncc4c(F)cccn34)[C@@H]2C1. The molecular weight excluding hydrogens is 375 g/mol. The number of aliphatic hydroxyl groups excluding tert-OH is 1. The van der Waals surface area contributed by atoms with Crippen LogP contribution in [-0.2, 0) is 15.1 Å². The Hall–Kier alpha value is -2.03. The first-order valence-corrected chi connectivity index (χ1v) is 10.0. The van der Waals surface area contributed by atoms with E-state index in [1.807, 2.05) is 39.5 Å². The molecule has 0 aromatic carbocycles. The fraction of sp³-hybridized carbons (Fsp3) is 0.619. The number of rotatable bonds is 5. The maximum Gasteiger partial charge on any atom is 0.224 e. The largest absolute Gasteiger partial charge is 0.356 e. The summed E-state index contributed by atoms with van der Waals surface area (Å²) < 4.78 is 21.2. The third-order valence-corrected chi connectivity index (χ3v) is 5.81. The van der Waals surface area contributed by atoms with Crippen LogP contribution in [-0.4, -0.2) is 50.4 Å². The number of carbonyl (C=O) groups is 1. The van der Waals surface area contributed by atoms with Gasteiger partial charge in [0.2, 0.25) is 12.3 Å². The summed E-state index contributed by atoms with van der Waals surface area (Å²) in [5.41, 5.74) is -0.793. The normalized spacial score (nSPS) is 25.8. The van der Waals surface area contributed by atoms with Gasteiger partial charge < -0.3 is 15.2 Å². The minimum atomic E-state index is -0.950. The number of nitrogens with zero attached hydrogens (tertiary/aromatic N) is 3. The van der Waals surface area contributed by atoms with Crippen molar-refractivity contribution >= 4 is 11.4 Å². The number of pyridine rings is 1. The molecular formula is C21H29FN4O3. The van der Waals surface area contributed by atoms with Crippen LogP contribution in [0.15, 0.2) is 24.5 Å². The molecule has 3 heterocycles. The van der Waals surface area contributed by atoms with Gasteiger partial charge in [0, 0.05) is 25.2 Å². The summed E-state index contributed by atoms with van der Waals surface area (Å²) in [4.78, 5) is 19.1. The van der Waals surface area contributed by atoms with Crippen LogP contribution in [0.3, 0.4) is 0 Å². The van der Waals surface area contributed by atoms with Gasteiger partial charge in [-0.3, -0.25) is 14.1 Å². The molecule has 4 atom stereocenters. The molecule has 1 saturated heterocycles. The van der Waals surface area contributed by atoms with E-state index in [1.165, 1.54) is 12.3 Å². The van der Waals surface area contributed by atoms with Gasteiger partial charge in [-0.2, -0.15) is 0 Å². The highest BCUT2D eigenvalue weighted by molar-refractivity contribution is 5.83. The summed E-state index contributed by atoms with van der Waals surface area (Å²) in [5, 5.41) is 13.3. The quantitative estimate of drug-likeness (QED) is 0.746. The zero-order valence-electron chi connectivity index (χ0n) is 17.5. The van der Waals surface area contributed by atoms with Crippen LogP contribution in [0.25, 0.3) is 5.52 Å². The molecule has 2 aliphatic rings. The van der Waals surface area contributed by atoms with Crippen molar-refractivity contribution in [3.63, 3.8) is 0 Å². The monoisotopic (exact) mass is 404 g/mol. The molecule has 0 radical (unpaired) electrons. The van der Waals surface area contributed by atoms with Gasteiger partial charge in [0.05, 0.1) is 17.3 Å². The Kier molecular flexibility index (Phi) is 4.72.